The van der Waals surface area contributed by atoms with Crippen LogP contribution in [0.25, 0.3) is 22.2 Å². The lowest BCUT2D eigenvalue weighted by atomic mass is 10.0. The van der Waals surface area contributed by atoms with E-state index in [0.717, 1.165) is 45.5 Å². The second-order valence-electron chi connectivity index (χ2n) is 9.17. The molecule has 1 saturated heterocycles. The monoisotopic (exact) mass is 543 g/mol. The standard InChI is InChI=1S/C30H30BrN3O2/c1-4-36-24-11-8-22(9-12-24)28-19-26(25-18-23(31)10-13-27(25)32-28)30(35)34-16-14-33(15-17-34)29-7-5-6-20(2)21(29)3/h5-13,18-19H,4,14-17H2,1-3H3. The van der Waals surface area contributed by atoms with Gasteiger partial charge in [-0.05, 0) is 86.5 Å². The van der Waals surface area contributed by atoms with E-state index in [2.05, 4.69) is 52.9 Å². The fourth-order valence-electron chi connectivity index (χ4n) is 4.81. The number of hydrogen-bond donors (Lipinski definition) is 0. The maximum absolute atomic E-state index is 13.9. The Kier molecular flexibility index (Phi) is 6.97. The first kappa shape index (κ1) is 24.3. The Morgan fingerprint density at radius 2 is 1.72 bits per heavy atom. The minimum atomic E-state index is 0.0494. The van der Waals surface area contributed by atoms with Crippen molar-refractivity contribution in [3.05, 3.63) is 87.9 Å². The van der Waals surface area contributed by atoms with Gasteiger partial charge < -0.3 is 14.5 Å². The van der Waals surface area contributed by atoms with Crippen LogP contribution in [0.15, 0.2) is 71.2 Å². The molecule has 0 N–H and O–H groups in total. The summed E-state index contributed by atoms with van der Waals surface area (Å²) < 4.78 is 6.52. The van der Waals surface area contributed by atoms with E-state index in [-0.39, 0.29) is 5.91 Å². The van der Waals surface area contributed by atoms with Gasteiger partial charge >= 0.3 is 0 Å². The van der Waals surface area contributed by atoms with Crippen molar-refractivity contribution in [1.82, 2.24) is 9.88 Å². The van der Waals surface area contributed by atoms with E-state index in [1.165, 1.54) is 16.8 Å². The molecule has 6 heteroatoms. The zero-order valence-corrected chi connectivity index (χ0v) is 22.5. The smallest absolute Gasteiger partial charge is 0.254 e. The second kappa shape index (κ2) is 10.3. The average Bonchev–Trinajstić information content (AvgIpc) is 2.90. The number of pyridine rings is 1. The van der Waals surface area contributed by atoms with Gasteiger partial charge in [0.05, 0.1) is 23.4 Å². The number of carbonyl (C=O) groups excluding carboxylic acids is 1. The van der Waals surface area contributed by atoms with Crippen molar-refractivity contribution >= 4 is 38.4 Å². The number of aryl methyl sites for hydroxylation is 1. The van der Waals surface area contributed by atoms with Crippen molar-refractivity contribution in [3.63, 3.8) is 0 Å². The predicted octanol–water partition coefficient (Wildman–Crippen LogP) is 6.64. The number of nitrogens with zero attached hydrogens (tertiary/aromatic N) is 3. The van der Waals surface area contributed by atoms with E-state index < -0.39 is 0 Å². The molecule has 2 heterocycles. The minimum absolute atomic E-state index is 0.0494. The number of ether oxygens (including phenoxy) is 1. The molecule has 3 aromatic carbocycles. The summed E-state index contributed by atoms with van der Waals surface area (Å²) in [5.41, 5.74) is 7.09. The Hall–Kier alpha value is -3.38. The van der Waals surface area contributed by atoms with Crippen LogP contribution in [0.1, 0.15) is 28.4 Å². The summed E-state index contributed by atoms with van der Waals surface area (Å²) in [7, 11) is 0. The molecule has 5 rings (SSSR count). The molecule has 1 aliphatic rings. The third-order valence-electron chi connectivity index (χ3n) is 6.95. The Bertz CT molecular complexity index is 1410. The average molecular weight is 544 g/mol. The van der Waals surface area contributed by atoms with Crippen LogP contribution < -0.4 is 9.64 Å². The van der Waals surface area contributed by atoms with Gasteiger partial charge in [-0.3, -0.25) is 4.79 Å². The van der Waals surface area contributed by atoms with Gasteiger partial charge in [0.15, 0.2) is 0 Å². The lowest BCUT2D eigenvalue weighted by Crippen LogP contribution is -2.49. The molecule has 0 bridgehead atoms. The molecular weight excluding hydrogens is 514 g/mol. The van der Waals surface area contributed by atoms with Gasteiger partial charge in [-0.1, -0.05) is 28.1 Å². The Balaban J connectivity index is 1.44. The molecule has 1 aromatic heterocycles. The molecule has 4 aromatic rings. The topological polar surface area (TPSA) is 45.7 Å². The molecule has 36 heavy (non-hydrogen) atoms. The highest BCUT2D eigenvalue weighted by molar-refractivity contribution is 9.10. The lowest BCUT2D eigenvalue weighted by molar-refractivity contribution is 0.0748. The number of aromatic nitrogens is 1. The van der Waals surface area contributed by atoms with Crippen LogP contribution in [0.5, 0.6) is 5.75 Å². The maximum atomic E-state index is 13.9. The van der Waals surface area contributed by atoms with E-state index >= 15 is 0 Å². The van der Waals surface area contributed by atoms with Crippen LogP contribution in [-0.2, 0) is 0 Å². The van der Waals surface area contributed by atoms with Crippen molar-refractivity contribution in [2.45, 2.75) is 20.8 Å². The van der Waals surface area contributed by atoms with Crippen LogP contribution >= 0.6 is 15.9 Å². The molecule has 1 aliphatic heterocycles. The number of carbonyl (C=O) groups is 1. The Morgan fingerprint density at radius 1 is 0.972 bits per heavy atom. The first-order valence-corrected chi connectivity index (χ1v) is 13.2. The molecule has 0 radical (unpaired) electrons. The minimum Gasteiger partial charge on any atom is -0.494 e. The van der Waals surface area contributed by atoms with E-state index in [4.69, 9.17) is 9.72 Å². The van der Waals surface area contributed by atoms with Crippen LogP contribution in [0.2, 0.25) is 0 Å². The molecule has 1 amide bonds. The summed E-state index contributed by atoms with van der Waals surface area (Å²) in [6, 6.07) is 22.2. The van der Waals surface area contributed by atoms with Gasteiger partial charge in [0, 0.05) is 47.3 Å². The highest BCUT2D eigenvalue weighted by atomic mass is 79.9. The van der Waals surface area contributed by atoms with E-state index in [1.807, 2.05) is 60.4 Å². The zero-order valence-electron chi connectivity index (χ0n) is 20.9. The van der Waals surface area contributed by atoms with Crippen LogP contribution in [0.3, 0.4) is 0 Å². The number of fused-ring (bicyclic) bond motifs is 1. The van der Waals surface area contributed by atoms with Gasteiger partial charge in [0.25, 0.3) is 5.91 Å². The molecule has 1 fully saturated rings. The van der Waals surface area contributed by atoms with Crippen molar-refractivity contribution in [2.75, 3.05) is 37.7 Å². The summed E-state index contributed by atoms with van der Waals surface area (Å²) in [4.78, 5) is 23.1. The van der Waals surface area contributed by atoms with Crippen molar-refractivity contribution in [3.8, 4) is 17.0 Å². The molecule has 0 atom stereocenters. The lowest BCUT2D eigenvalue weighted by Gasteiger charge is -2.37. The van der Waals surface area contributed by atoms with Gasteiger partial charge in [0.2, 0.25) is 0 Å². The summed E-state index contributed by atoms with van der Waals surface area (Å²) in [6.07, 6.45) is 0. The van der Waals surface area contributed by atoms with Gasteiger partial charge in [-0.25, -0.2) is 4.98 Å². The normalized spacial score (nSPS) is 13.8. The molecule has 0 saturated carbocycles. The van der Waals surface area contributed by atoms with Crippen LogP contribution in [0.4, 0.5) is 5.69 Å². The van der Waals surface area contributed by atoms with Crippen molar-refractivity contribution in [1.29, 1.82) is 0 Å². The third-order valence-corrected chi connectivity index (χ3v) is 7.44. The summed E-state index contributed by atoms with van der Waals surface area (Å²) in [5, 5.41) is 0.862. The number of hydrogen-bond acceptors (Lipinski definition) is 4. The second-order valence-corrected chi connectivity index (χ2v) is 10.1. The Morgan fingerprint density at radius 3 is 2.44 bits per heavy atom. The highest BCUT2D eigenvalue weighted by Gasteiger charge is 2.25. The fourth-order valence-corrected chi connectivity index (χ4v) is 5.17. The van der Waals surface area contributed by atoms with E-state index in [1.54, 1.807) is 0 Å². The third kappa shape index (κ3) is 4.82. The molecular formula is C30H30BrN3O2. The number of amides is 1. The fraction of sp³-hybridized carbons (Fsp3) is 0.267. The number of rotatable bonds is 5. The molecule has 0 unspecified atom stereocenters. The number of benzene rings is 3. The predicted molar refractivity (Wildman–Crippen MR) is 150 cm³/mol. The Labute approximate surface area is 220 Å². The summed E-state index contributed by atoms with van der Waals surface area (Å²) >= 11 is 3.57. The van der Waals surface area contributed by atoms with Crippen molar-refractivity contribution in [2.24, 2.45) is 0 Å². The first-order chi connectivity index (χ1) is 17.4. The first-order valence-electron chi connectivity index (χ1n) is 12.4. The molecule has 0 aliphatic carbocycles. The van der Waals surface area contributed by atoms with Crippen LogP contribution in [0, 0.1) is 13.8 Å². The number of halogens is 1. The quantitative estimate of drug-likeness (QED) is 0.283. The van der Waals surface area contributed by atoms with Crippen molar-refractivity contribution < 1.29 is 9.53 Å². The number of piperazine rings is 1. The number of anilines is 1. The van der Waals surface area contributed by atoms with E-state index in [9.17, 15) is 4.79 Å². The molecule has 5 nitrogen and oxygen atoms in total. The van der Waals surface area contributed by atoms with E-state index in [0.29, 0.717) is 25.3 Å². The molecule has 184 valence electrons. The zero-order chi connectivity index (χ0) is 25.2. The summed E-state index contributed by atoms with van der Waals surface area (Å²) in [6.45, 7) is 9.90. The van der Waals surface area contributed by atoms with Gasteiger partial charge in [-0.2, -0.15) is 0 Å². The largest absolute Gasteiger partial charge is 0.494 e. The molecule has 0 spiro atoms. The van der Waals surface area contributed by atoms with Gasteiger partial charge in [-0.15, -0.1) is 0 Å². The van der Waals surface area contributed by atoms with Gasteiger partial charge in [0.1, 0.15) is 5.75 Å². The van der Waals surface area contributed by atoms with Crippen LogP contribution in [-0.4, -0.2) is 48.6 Å². The summed E-state index contributed by atoms with van der Waals surface area (Å²) in [5.74, 6) is 0.872. The maximum Gasteiger partial charge on any atom is 0.254 e. The SMILES string of the molecule is CCOc1ccc(-c2cc(C(=O)N3CCN(c4cccc(C)c4C)CC3)c3cc(Br)ccc3n2)cc1. The highest BCUT2D eigenvalue weighted by Crippen LogP contribution is 2.30.